The second kappa shape index (κ2) is 5.52. The standard InChI is InChI=1S/C12H18N2O3/c1-5-6-13-14-9(3)11(12(16)17-4)8(2)7-10(14)15/h7,13H,5-6H2,1-4H3. The molecule has 1 heterocycles. The molecule has 0 saturated carbocycles. The van der Waals surface area contributed by atoms with Crippen LogP contribution in [0.25, 0.3) is 0 Å². The third kappa shape index (κ3) is 2.67. The summed E-state index contributed by atoms with van der Waals surface area (Å²) in [5.74, 6) is -0.424. The molecule has 0 radical (unpaired) electrons. The highest BCUT2D eigenvalue weighted by Gasteiger charge is 2.16. The molecule has 0 unspecified atom stereocenters. The summed E-state index contributed by atoms with van der Waals surface area (Å²) < 4.78 is 6.11. The van der Waals surface area contributed by atoms with Gasteiger partial charge in [-0.1, -0.05) is 6.92 Å². The van der Waals surface area contributed by atoms with Crippen LogP contribution in [0.1, 0.15) is 35.0 Å². The number of aryl methyl sites for hydroxylation is 1. The second-order valence-electron chi connectivity index (χ2n) is 3.86. The molecule has 5 nitrogen and oxygen atoms in total. The summed E-state index contributed by atoms with van der Waals surface area (Å²) in [5, 5.41) is 0. The van der Waals surface area contributed by atoms with Gasteiger partial charge in [0.2, 0.25) is 0 Å². The van der Waals surface area contributed by atoms with Gasteiger partial charge in [-0.2, -0.15) is 0 Å². The second-order valence-corrected chi connectivity index (χ2v) is 3.86. The summed E-state index contributed by atoms with van der Waals surface area (Å²) >= 11 is 0. The van der Waals surface area contributed by atoms with Crippen molar-refractivity contribution in [3.8, 4) is 0 Å². The van der Waals surface area contributed by atoms with Gasteiger partial charge in [-0.3, -0.25) is 4.79 Å². The predicted octanol–water partition coefficient (Wildman–Crippen LogP) is 1.21. The Hall–Kier alpha value is -1.78. The van der Waals surface area contributed by atoms with Crippen molar-refractivity contribution < 1.29 is 9.53 Å². The number of carbonyl (C=O) groups is 1. The van der Waals surface area contributed by atoms with Crippen molar-refractivity contribution in [3.63, 3.8) is 0 Å². The van der Waals surface area contributed by atoms with Crippen LogP contribution >= 0.6 is 0 Å². The Morgan fingerprint density at radius 2 is 2.12 bits per heavy atom. The average molecular weight is 238 g/mol. The fourth-order valence-electron chi connectivity index (χ4n) is 1.72. The lowest BCUT2D eigenvalue weighted by molar-refractivity contribution is 0.0598. The number of hydrogen-bond donors (Lipinski definition) is 1. The Balaban J connectivity index is 3.32. The maximum atomic E-state index is 11.8. The van der Waals surface area contributed by atoms with Crippen molar-refractivity contribution in [1.29, 1.82) is 0 Å². The van der Waals surface area contributed by atoms with Crippen molar-refractivity contribution in [2.75, 3.05) is 19.1 Å². The highest BCUT2D eigenvalue weighted by atomic mass is 16.5. The third-order valence-electron chi connectivity index (χ3n) is 2.56. The van der Waals surface area contributed by atoms with Crippen molar-refractivity contribution in [2.24, 2.45) is 0 Å². The van der Waals surface area contributed by atoms with Gasteiger partial charge in [0, 0.05) is 12.6 Å². The van der Waals surface area contributed by atoms with E-state index in [0.29, 0.717) is 23.4 Å². The highest BCUT2D eigenvalue weighted by Crippen LogP contribution is 2.11. The van der Waals surface area contributed by atoms with Crippen molar-refractivity contribution in [2.45, 2.75) is 27.2 Å². The van der Waals surface area contributed by atoms with Crippen molar-refractivity contribution in [1.82, 2.24) is 4.68 Å². The van der Waals surface area contributed by atoms with Crippen LogP contribution < -0.4 is 11.0 Å². The molecular formula is C12H18N2O3. The van der Waals surface area contributed by atoms with Gasteiger partial charge in [-0.05, 0) is 25.8 Å². The number of aromatic nitrogens is 1. The molecule has 0 aliphatic carbocycles. The van der Waals surface area contributed by atoms with Gasteiger partial charge in [-0.25, -0.2) is 9.47 Å². The molecule has 0 fully saturated rings. The van der Waals surface area contributed by atoms with Gasteiger partial charge >= 0.3 is 5.97 Å². The molecule has 0 spiro atoms. The van der Waals surface area contributed by atoms with Gasteiger partial charge < -0.3 is 10.2 Å². The summed E-state index contributed by atoms with van der Waals surface area (Å²) in [4.78, 5) is 23.4. The first-order valence-electron chi connectivity index (χ1n) is 5.58. The Morgan fingerprint density at radius 3 is 2.65 bits per heavy atom. The van der Waals surface area contributed by atoms with E-state index in [2.05, 4.69) is 5.43 Å². The molecule has 94 valence electrons. The molecule has 0 amide bonds. The maximum Gasteiger partial charge on any atom is 0.339 e. The lowest BCUT2D eigenvalue weighted by atomic mass is 10.1. The molecule has 0 aliphatic heterocycles. The van der Waals surface area contributed by atoms with Crippen LogP contribution in [0.3, 0.4) is 0 Å². The normalized spacial score (nSPS) is 10.1. The Morgan fingerprint density at radius 1 is 1.47 bits per heavy atom. The number of carbonyl (C=O) groups excluding carboxylic acids is 1. The zero-order valence-corrected chi connectivity index (χ0v) is 10.7. The Labute approximate surface area is 100 Å². The number of nitrogens with one attached hydrogen (secondary N) is 1. The van der Waals surface area contributed by atoms with Crippen LogP contribution in [0.5, 0.6) is 0 Å². The molecule has 1 N–H and O–H groups in total. The van der Waals surface area contributed by atoms with Crippen LogP contribution in [-0.4, -0.2) is 24.3 Å². The van der Waals surface area contributed by atoms with E-state index >= 15 is 0 Å². The number of ether oxygens (including phenoxy) is 1. The minimum absolute atomic E-state index is 0.166. The van der Waals surface area contributed by atoms with Crippen LogP contribution in [0.4, 0.5) is 0 Å². The zero-order chi connectivity index (χ0) is 13.0. The quantitative estimate of drug-likeness (QED) is 0.801. The van der Waals surface area contributed by atoms with Crippen LogP contribution in [0.2, 0.25) is 0 Å². The van der Waals surface area contributed by atoms with Gasteiger partial charge in [0.05, 0.1) is 18.4 Å². The van der Waals surface area contributed by atoms with E-state index in [1.54, 1.807) is 13.8 Å². The summed E-state index contributed by atoms with van der Waals surface area (Å²) in [6.45, 7) is 6.13. The van der Waals surface area contributed by atoms with Gasteiger partial charge in [-0.15, -0.1) is 0 Å². The Kier molecular flexibility index (Phi) is 4.31. The summed E-state index contributed by atoms with van der Waals surface area (Å²) in [6.07, 6.45) is 0.896. The first-order chi connectivity index (χ1) is 8.02. The number of pyridine rings is 1. The van der Waals surface area contributed by atoms with E-state index in [4.69, 9.17) is 4.74 Å². The lowest BCUT2D eigenvalue weighted by Gasteiger charge is -2.16. The van der Waals surface area contributed by atoms with Crippen LogP contribution in [0, 0.1) is 13.8 Å². The predicted molar refractivity (Wildman–Crippen MR) is 66.0 cm³/mol. The van der Waals surface area contributed by atoms with Crippen molar-refractivity contribution >= 4 is 5.97 Å². The average Bonchev–Trinajstić information content (AvgIpc) is 2.28. The van der Waals surface area contributed by atoms with Crippen LogP contribution in [-0.2, 0) is 4.74 Å². The van der Waals surface area contributed by atoms with Gasteiger partial charge in [0.25, 0.3) is 5.56 Å². The summed E-state index contributed by atoms with van der Waals surface area (Å²) in [7, 11) is 1.33. The number of esters is 1. The van der Waals surface area contributed by atoms with Gasteiger partial charge in [0.1, 0.15) is 0 Å². The van der Waals surface area contributed by atoms with E-state index in [0.717, 1.165) is 6.42 Å². The van der Waals surface area contributed by atoms with Crippen molar-refractivity contribution in [3.05, 3.63) is 33.2 Å². The maximum absolute atomic E-state index is 11.8. The number of hydrogen-bond acceptors (Lipinski definition) is 4. The molecule has 0 atom stereocenters. The van der Waals surface area contributed by atoms with Gasteiger partial charge in [0.15, 0.2) is 0 Å². The monoisotopic (exact) mass is 238 g/mol. The molecule has 0 aromatic carbocycles. The van der Waals surface area contributed by atoms with E-state index in [1.807, 2.05) is 6.92 Å². The third-order valence-corrected chi connectivity index (χ3v) is 2.56. The first-order valence-corrected chi connectivity index (χ1v) is 5.58. The fourth-order valence-corrected chi connectivity index (χ4v) is 1.72. The summed E-state index contributed by atoms with van der Waals surface area (Å²) in [5.41, 5.74) is 4.46. The minimum Gasteiger partial charge on any atom is -0.465 e. The first kappa shape index (κ1) is 13.3. The molecule has 0 saturated heterocycles. The van der Waals surface area contributed by atoms with E-state index in [9.17, 15) is 9.59 Å². The highest BCUT2D eigenvalue weighted by molar-refractivity contribution is 5.92. The molecular weight excluding hydrogens is 220 g/mol. The van der Waals surface area contributed by atoms with E-state index in [-0.39, 0.29) is 5.56 Å². The molecule has 0 aliphatic rings. The minimum atomic E-state index is -0.424. The smallest absolute Gasteiger partial charge is 0.339 e. The number of nitrogens with zero attached hydrogens (tertiary/aromatic N) is 1. The lowest BCUT2D eigenvalue weighted by Crippen LogP contribution is -2.33. The zero-order valence-electron chi connectivity index (χ0n) is 10.7. The molecule has 1 rings (SSSR count). The van der Waals surface area contributed by atoms with E-state index in [1.165, 1.54) is 17.9 Å². The largest absolute Gasteiger partial charge is 0.465 e. The Bertz CT molecular complexity index is 477. The molecule has 0 bridgehead atoms. The summed E-state index contributed by atoms with van der Waals surface area (Å²) in [6, 6.07) is 1.43. The number of methoxy groups -OCH3 is 1. The van der Waals surface area contributed by atoms with Crippen LogP contribution in [0.15, 0.2) is 10.9 Å². The molecule has 1 aromatic heterocycles. The number of rotatable bonds is 4. The van der Waals surface area contributed by atoms with E-state index < -0.39 is 5.97 Å². The SMILES string of the molecule is CCCNn1c(C)c(C(=O)OC)c(C)cc1=O. The topological polar surface area (TPSA) is 60.3 Å². The molecule has 17 heavy (non-hydrogen) atoms. The fraction of sp³-hybridized carbons (Fsp3) is 0.500. The molecule has 1 aromatic rings. The molecule has 5 heteroatoms.